The Labute approximate surface area is 180 Å². The molecule has 0 unspecified atom stereocenters. The van der Waals surface area contributed by atoms with Crippen molar-refractivity contribution in [3.8, 4) is 0 Å². The molecule has 1 N–H and O–H groups in total. The number of fused-ring (bicyclic) bond motifs is 1. The van der Waals surface area contributed by atoms with Crippen LogP contribution in [0.15, 0.2) is 35.1 Å². The molecule has 0 aliphatic carbocycles. The van der Waals surface area contributed by atoms with Gasteiger partial charge in [-0.2, -0.15) is 0 Å². The highest BCUT2D eigenvalue weighted by Crippen LogP contribution is 2.37. The van der Waals surface area contributed by atoms with Gasteiger partial charge < -0.3 is 9.64 Å². The third-order valence-corrected chi connectivity index (χ3v) is 7.92. The molecule has 0 bridgehead atoms. The molecule has 1 aliphatic rings. The van der Waals surface area contributed by atoms with E-state index in [0.29, 0.717) is 29.1 Å². The fourth-order valence-corrected chi connectivity index (χ4v) is 6.52. The van der Waals surface area contributed by atoms with Crippen molar-refractivity contribution >= 4 is 38.9 Å². The second-order valence-electron chi connectivity index (χ2n) is 7.20. The summed E-state index contributed by atoms with van der Waals surface area (Å²) < 4.78 is 33.8. The molecule has 1 amide bonds. The minimum Gasteiger partial charge on any atom is -0.465 e. The number of benzene rings is 1. The molecule has 0 spiro atoms. The van der Waals surface area contributed by atoms with Gasteiger partial charge in [0.1, 0.15) is 0 Å². The number of amides is 1. The number of methoxy groups -OCH3 is 1. The average molecular weight is 449 g/mol. The van der Waals surface area contributed by atoms with Gasteiger partial charge >= 0.3 is 5.97 Å². The summed E-state index contributed by atoms with van der Waals surface area (Å²) in [6.07, 6.45) is 2.14. The van der Waals surface area contributed by atoms with Crippen molar-refractivity contribution in [1.82, 2.24) is 4.90 Å². The first-order chi connectivity index (χ1) is 14.2. The number of ether oxygens (including phenoxy) is 1. The minimum atomic E-state index is -4.03. The largest absolute Gasteiger partial charge is 0.465 e. The minimum absolute atomic E-state index is 0.0604. The molecule has 9 heteroatoms. The topological polar surface area (TPSA) is 92.8 Å². The molecular weight excluding hydrogens is 424 g/mol. The smallest absolute Gasteiger partial charge is 0.340 e. The number of nitrogens with one attached hydrogen (secondary N) is 1. The fraction of sp³-hybridized carbons (Fsp3) is 0.333. The Bertz CT molecular complexity index is 1100. The first kappa shape index (κ1) is 22.0. The molecule has 0 atom stereocenters. The van der Waals surface area contributed by atoms with Crippen molar-refractivity contribution in [2.24, 2.45) is 0 Å². The summed E-state index contributed by atoms with van der Waals surface area (Å²) in [5.41, 5.74) is 2.96. The highest BCUT2D eigenvalue weighted by Gasteiger charge is 2.35. The van der Waals surface area contributed by atoms with E-state index >= 15 is 0 Å². The van der Waals surface area contributed by atoms with Gasteiger partial charge in [0.2, 0.25) is 5.91 Å². The number of sulfonamides is 1. The lowest BCUT2D eigenvalue weighted by Crippen LogP contribution is -2.35. The molecule has 2 heterocycles. The predicted molar refractivity (Wildman–Crippen MR) is 116 cm³/mol. The Morgan fingerprint density at radius 3 is 2.53 bits per heavy atom. The number of rotatable bonds is 6. The first-order valence-electron chi connectivity index (χ1n) is 9.39. The van der Waals surface area contributed by atoms with Crippen LogP contribution in [0.25, 0.3) is 0 Å². The molecule has 1 aromatic heterocycles. The van der Waals surface area contributed by atoms with Crippen LogP contribution in [0.3, 0.4) is 0 Å². The van der Waals surface area contributed by atoms with E-state index in [4.69, 9.17) is 4.74 Å². The number of carbonyl (C=O) groups excluding carboxylic acids is 2. The second kappa shape index (κ2) is 8.61. The highest BCUT2D eigenvalue weighted by molar-refractivity contribution is 7.94. The lowest BCUT2D eigenvalue weighted by Gasteiger charge is -2.26. The van der Waals surface area contributed by atoms with E-state index in [0.717, 1.165) is 22.5 Å². The van der Waals surface area contributed by atoms with Gasteiger partial charge in [-0.3, -0.25) is 9.52 Å². The Morgan fingerprint density at radius 1 is 1.27 bits per heavy atom. The fourth-order valence-electron chi connectivity index (χ4n) is 3.58. The summed E-state index contributed by atoms with van der Waals surface area (Å²) in [7, 11) is -2.80. The first-order valence-corrected chi connectivity index (χ1v) is 11.7. The van der Waals surface area contributed by atoms with Crippen molar-refractivity contribution in [1.29, 1.82) is 0 Å². The number of thiophene rings is 1. The molecule has 7 nitrogen and oxygen atoms in total. The van der Waals surface area contributed by atoms with E-state index < -0.39 is 16.0 Å². The molecule has 1 aliphatic heterocycles. The normalized spacial score (nSPS) is 13.5. The maximum Gasteiger partial charge on any atom is 0.340 e. The maximum absolute atomic E-state index is 13.2. The summed E-state index contributed by atoms with van der Waals surface area (Å²) in [6.45, 7) is 8.01. The van der Waals surface area contributed by atoms with Gasteiger partial charge in [-0.05, 0) is 49.1 Å². The van der Waals surface area contributed by atoms with Gasteiger partial charge in [0.15, 0.2) is 4.21 Å². The number of hydrogen-bond acceptors (Lipinski definition) is 6. The lowest BCUT2D eigenvalue weighted by atomic mass is 10.0. The van der Waals surface area contributed by atoms with Crippen LogP contribution in [0, 0.1) is 13.8 Å². The zero-order valence-corrected chi connectivity index (χ0v) is 18.8. The standard InChI is InChI=1S/C21H24N2O5S2/c1-5-6-18(24)23-8-7-16-17(12-23)29-21(19(16)20(25)28-4)30(26,27)22-15-10-13(2)9-14(3)11-15/h5,9-11,22H,1,6-8,12H2,2-4H3. The Morgan fingerprint density at radius 2 is 1.93 bits per heavy atom. The highest BCUT2D eigenvalue weighted by atomic mass is 32.2. The number of nitrogens with zero attached hydrogens (tertiary/aromatic N) is 1. The van der Waals surface area contributed by atoms with Gasteiger partial charge in [-0.15, -0.1) is 17.9 Å². The van der Waals surface area contributed by atoms with E-state index in [9.17, 15) is 18.0 Å². The predicted octanol–water partition coefficient (Wildman–Crippen LogP) is 3.41. The molecule has 2 aromatic rings. The molecule has 3 rings (SSSR count). The van der Waals surface area contributed by atoms with E-state index in [1.54, 1.807) is 17.0 Å². The number of esters is 1. The van der Waals surface area contributed by atoms with E-state index in [2.05, 4.69) is 11.3 Å². The number of carbonyl (C=O) groups is 2. The van der Waals surface area contributed by atoms with Gasteiger partial charge in [0.05, 0.1) is 19.2 Å². The van der Waals surface area contributed by atoms with Crippen LogP contribution in [0.4, 0.5) is 5.69 Å². The lowest BCUT2D eigenvalue weighted by molar-refractivity contribution is -0.131. The molecule has 0 saturated heterocycles. The second-order valence-corrected chi connectivity index (χ2v) is 10.2. The summed E-state index contributed by atoms with van der Waals surface area (Å²) in [6, 6.07) is 5.40. The zero-order chi connectivity index (χ0) is 22.1. The van der Waals surface area contributed by atoms with Crippen LogP contribution in [-0.2, 0) is 32.5 Å². The summed E-state index contributed by atoms with van der Waals surface area (Å²) in [5, 5.41) is 0. The molecular formula is C21H24N2O5S2. The van der Waals surface area contributed by atoms with Crippen LogP contribution in [-0.4, -0.2) is 38.8 Å². The number of anilines is 1. The van der Waals surface area contributed by atoms with E-state index in [1.807, 2.05) is 19.9 Å². The summed E-state index contributed by atoms with van der Waals surface area (Å²) in [4.78, 5) is 27.0. The molecule has 0 saturated carbocycles. The van der Waals surface area contributed by atoms with Crippen LogP contribution in [0.2, 0.25) is 0 Å². The van der Waals surface area contributed by atoms with Crippen LogP contribution >= 0.6 is 11.3 Å². The van der Waals surface area contributed by atoms with E-state index in [-0.39, 0.29) is 28.6 Å². The Balaban J connectivity index is 2.03. The van der Waals surface area contributed by atoms with Crippen LogP contribution in [0.1, 0.15) is 38.3 Å². The third kappa shape index (κ3) is 4.41. The van der Waals surface area contributed by atoms with Crippen molar-refractivity contribution < 1.29 is 22.7 Å². The maximum atomic E-state index is 13.2. The molecule has 30 heavy (non-hydrogen) atoms. The number of aryl methyl sites for hydroxylation is 2. The molecule has 0 fully saturated rings. The Kier molecular flexibility index (Phi) is 6.33. The van der Waals surface area contributed by atoms with Crippen molar-refractivity contribution in [2.45, 2.75) is 37.4 Å². The monoisotopic (exact) mass is 448 g/mol. The molecule has 160 valence electrons. The Hall–Kier alpha value is -2.65. The van der Waals surface area contributed by atoms with Gasteiger partial charge in [-0.25, -0.2) is 13.2 Å². The number of hydrogen-bond donors (Lipinski definition) is 1. The summed E-state index contributed by atoms with van der Waals surface area (Å²) in [5.74, 6) is -0.777. The molecule has 0 radical (unpaired) electrons. The third-order valence-electron chi connectivity index (χ3n) is 4.80. The van der Waals surface area contributed by atoms with Crippen molar-refractivity contribution in [3.63, 3.8) is 0 Å². The van der Waals surface area contributed by atoms with Gasteiger partial charge in [0, 0.05) is 23.5 Å². The van der Waals surface area contributed by atoms with Gasteiger partial charge in [0.25, 0.3) is 10.0 Å². The average Bonchev–Trinajstić information content (AvgIpc) is 3.06. The van der Waals surface area contributed by atoms with Crippen molar-refractivity contribution in [2.75, 3.05) is 18.4 Å². The molecule has 1 aromatic carbocycles. The van der Waals surface area contributed by atoms with Gasteiger partial charge in [-0.1, -0.05) is 12.1 Å². The van der Waals surface area contributed by atoms with Crippen LogP contribution < -0.4 is 4.72 Å². The van der Waals surface area contributed by atoms with Crippen LogP contribution in [0.5, 0.6) is 0 Å². The zero-order valence-electron chi connectivity index (χ0n) is 17.1. The van der Waals surface area contributed by atoms with E-state index in [1.165, 1.54) is 13.2 Å². The van der Waals surface area contributed by atoms with Crippen molar-refractivity contribution in [3.05, 3.63) is 58.0 Å². The quantitative estimate of drug-likeness (QED) is 0.540. The SMILES string of the molecule is C=CCC(=O)N1CCc2c(sc(S(=O)(=O)Nc3cc(C)cc(C)c3)c2C(=O)OC)C1. The summed E-state index contributed by atoms with van der Waals surface area (Å²) >= 11 is 1.01.